The van der Waals surface area contributed by atoms with Gasteiger partial charge in [-0.2, -0.15) is 0 Å². The van der Waals surface area contributed by atoms with Gasteiger partial charge in [0.15, 0.2) is 0 Å². The van der Waals surface area contributed by atoms with Crippen molar-refractivity contribution >= 4 is 11.7 Å². The van der Waals surface area contributed by atoms with Crippen LogP contribution in [0.5, 0.6) is 0 Å². The molecular formula is C7H11N5. The molecule has 5 nitrogen and oxygen atoms in total. The molecule has 0 spiro atoms. The molecule has 0 unspecified atom stereocenters. The number of nitrogen functional groups attached to an aromatic ring is 1. The van der Waals surface area contributed by atoms with Gasteiger partial charge in [-0.1, -0.05) is 0 Å². The molecule has 0 radical (unpaired) electrons. The first-order valence-electron chi connectivity index (χ1n) is 3.45. The Morgan fingerprint density at radius 1 is 1.42 bits per heavy atom. The average molecular weight is 165 g/mol. The molecule has 0 atom stereocenters. The van der Waals surface area contributed by atoms with Crippen LogP contribution in [0.3, 0.4) is 0 Å². The summed E-state index contributed by atoms with van der Waals surface area (Å²) < 4.78 is 0. The highest BCUT2D eigenvalue weighted by Gasteiger charge is 2.00. The Morgan fingerprint density at radius 2 is 2.08 bits per heavy atom. The Bertz CT molecular complexity index is 276. The van der Waals surface area contributed by atoms with Crippen molar-refractivity contribution in [2.45, 2.75) is 0 Å². The van der Waals surface area contributed by atoms with Gasteiger partial charge >= 0.3 is 0 Å². The number of anilines is 1. The number of aromatic nitrogens is 2. The van der Waals surface area contributed by atoms with Crippen LogP contribution in [0.15, 0.2) is 12.4 Å². The van der Waals surface area contributed by atoms with Crippen LogP contribution in [0, 0.1) is 5.41 Å². The molecule has 0 fully saturated rings. The molecule has 1 heterocycles. The van der Waals surface area contributed by atoms with Crippen LogP contribution in [-0.4, -0.2) is 29.9 Å². The van der Waals surface area contributed by atoms with Crippen LogP contribution in [-0.2, 0) is 0 Å². The minimum atomic E-state index is -0.0622. The van der Waals surface area contributed by atoms with Crippen molar-refractivity contribution in [2.75, 3.05) is 19.0 Å². The zero-order valence-electron chi connectivity index (χ0n) is 7.07. The van der Waals surface area contributed by atoms with Gasteiger partial charge in [0.05, 0.1) is 12.4 Å². The van der Waals surface area contributed by atoms with E-state index in [0.29, 0.717) is 5.69 Å². The quantitative estimate of drug-likeness (QED) is 0.471. The Labute approximate surface area is 70.8 Å². The largest absolute Gasteiger partial charge is 0.382 e. The molecule has 0 saturated heterocycles. The van der Waals surface area contributed by atoms with Crippen molar-refractivity contribution in [3.8, 4) is 0 Å². The van der Waals surface area contributed by atoms with Crippen molar-refractivity contribution in [3.05, 3.63) is 18.1 Å². The van der Waals surface area contributed by atoms with Crippen molar-refractivity contribution < 1.29 is 0 Å². The number of nitrogens with one attached hydrogen (secondary N) is 1. The Kier molecular flexibility index (Phi) is 2.23. The number of nitrogens with two attached hydrogens (primary N) is 1. The van der Waals surface area contributed by atoms with E-state index in [1.807, 2.05) is 19.0 Å². The molecule has 64 valence electrons. The van der Waals surface area contributed by atoms with E-state index >= 15 is 0 Å². The second-order valence-electron chi connectivity index (χ2n) is 2.57. The molecule has 0 bridgehead atoms. The van der Waals surface area contributed by atoms with Gasteiger partial charge in [-0.15, -0.1) is 0 Å². The Hall–Kier alpha value is -1.65. The minimum Gasteiger partial charge on any atom is -0.382 e. The molecule has 12 heavy (non-hydrogen) atoms. The van der Waals surface area contributed by atoms with Crippen molar-refractivity contribution in [1.82, 2.24) is 9.97 Å². The van der Waals surface area contributed by atoms with Crippen LogP contribution in [0.2, 0.25) is 0 Å². The third kappa shape index (κ3) is 1.69. The molecule has 0 saturated carbocycles. The lowest BCUT2D eigenvalue weighted by molar-refractivity contribution is 1.03. The number of hydrogen-bond donors (Lipinski definition) is 2. The van der Waals surface area contributed by atoms with E-state index < -0.39 is 0 Å². The SMILES string of the molecule is CN(C)c1cnc(C(=N)N)cn1. The monoisotopic (exact) mass is 165 g/mol. The van der Waals surface area contributed by atoms with Gasteiger partial charge in [-0.25, -0.2) is 9.97 Å². The van der Waals surface area contributed by atoms with Gasteiger partial charge in [0.1, 0.15) is 17.3 Å². The van der Waals surface area contributed by atoms with E-state index in [1.165, 1.54) is 6.20 Å². The summed E-state index contributed by atoms with van der Waals surface area (Å²) in [5.41, 5.74) is 5.61. The van der Waals surface area contributed by atoms with E-state index in [1.54, 1.807) is 6.20 Å². The van der Waals surface area contributed by atoms with E-state index in [9.17, 15) is 0 Å². The van der Waals surface area contributed by atoms with Gasteiger partial charge < -0.3 is 10.6 Å². The van der Waals surface area contributed by atoms with Crippen molar-refractivity contribution in [3.63, 3.8) is 0 Å². The molecule has 0 amide bonds. The van der Waals surface area contributed by atoms with Crippen LogP contribution >= 0.6 is 0 Å². The maximum atomic E-state index is 7.07. The lowest BCUT2D eigenvalue weighted by atomic mass is 10.4. The summed E-state index contributed by atoms with van der Waals surface area (Å²) in [7, 11) is 3.74. The highest BCUT2D eigenvalue weighted by molar-refractivity contribution is 5.92. The molecular weight excluding hydrogens is 154 g/mol. The fourth-order valence-corrected chi connectivity index (χ4v) is 0.691. The summed E-state index contributed by atoms with van der Waals surface area (Å²) in [6.45, 7) is 0. The number of nitrogens with zero attached hydrogens (tertiary/aromatic N) is 3. The average Bonchev–Trinajstić information content (AvgIpc) is 2.04. The van der Waals surface area contributed by atoms with Crippen LogP contribution in [0.4, 0.5) is 5.82 Å². The molecule has 0 aliphatic rings. The first-order chi connectivity index (χ1) is 5.61. The smallest absolute Gasteiger partial charge is 0.146 e. The van der Waals surface area contributed by atoms with Crippen molar-refractivity contribution in [1.29, 1.82) is 5.41 Å². The topological polar surface area (TPSA) is 78.9 Å². The molecule has 5 heteroatoms. The molecule has 1 aromatic heterocycles. The zero-order valence-corrected chi connectivity index (χ0v) is 7.07. The lowest BCUT2D eigenvalue weighted by Gasteiger charge is -2.09. The molecule has 3 N–H and O–H groups in total. The summed E-state index contributed by atoms with van der Waals surface area (Å²) in [4.78, 5) is 9.82. The Morgan fingerprint density at radius 3 is 2.42 bits per heavy atom. The summed E-state index contributed by atoms with van der Waals surface area (Å²) >= 11 is 0. The van der Waals surface area contributed by atoms with Crippen LogP contribution in [0.25, 0.3) is 0 Å². The third-order valence-corrected chi connectivity index (χ3v) is 1.37. The van der Waals surface area contributed by atoms with Gasteiger partial charge in [0.2, 0.25) is 0 Å². The van der Waals surface area contributed by atoms with Gasteiger partial charge in [0, 0.05) is 14.1 Å². The predicted molar refractivity (Wildman–Crippen MR) is 47.4 cm³/mol. The van der Waals surface area contributed by atoms with Crippen LogP contribution in [0.1, 0.15) is 5.69 Å². The van der Waals surface area contributed by atoms with Crippen LogP contribution < -0.4 is 10.6 Å². The zero-order chi connectivity index (χ0) is 9.14. The lowest BCUT2D eigenvalue weighted by Crippen LogP contribution is -2.16. The fourth-order valence-electron chi connectivity index (χ4n) is 0.691. The minimum absolute atomic E-state index is 0.0622. The predicted octanol–water partition coefficient (Wildman–Crippen LogP) is -0.173. The van der Waals surface area contributed by atoms with E-state index in [0.717, 1.165) is 5.82 Å². The van der Waals surface area contributed by atoms with Crippen molar-refractivity contribution in [2.24, 2.45) is 5.73 Å². The first-order valence-corrected chi connectivity index (χ1v) is 3.45. The maximum Gasteiger partial charge on any atom is 0.146 e. The summed E-state index contributed by atoms with van der Waals surface area (Å²) in [5.74, 6) is 0.688. The molecule has 0 aliphatic carbocycles. The third-order valence-electron chi connectivity index (χ3n) is 1.37. The number of hydrogen-bond acceptors (Lipinski definition) is 4. The van der Waals surface area contributed by atoms with E-state index in [-0.39, 0.29) is 5.84 Å². The highest BCUT2D eigenvalue weighted by Crippen LogP contribution is 2.03. The number of amidine groups is 1. The molecule has 0 aliphatic heterocycles. The first kappa shape index (κ1) is 8.45. The normalized spacial score (nSPS) is 9.50. The van der Waals surface area contributed by atoms with Gasteiger partial charge in [-0.3, -0.25) is 5.41 Å². The Balaban J connectivity index is 2.93. The highest BCUT2D eigenvalue weighted by atomic mass is 15.1. The fraction of sp³-hybridized carbons (Fsp3) is 0.286. The summed E-state index contributed by atoms with van der Waals surface area (Å²) in [6.07, 6.45) is 3.06. The van der Waals surface area contributed by atoms with E-state index in [4.69, 9.17) is 11.1 Å². The van der Waals surface area contributed by atoms with E-state index in [2.05, 4.69) is 9.97 Å². The molecule has 1 aromatic rings. The summed E-state index contributed by atoms with van der Waals surface area (Å²) in [5, 5.41) is 7.07. The number of rotatable bonds is 2. The molecule has 1 rings (SSSR count). The molecule has 0 aromatic carbocycles. The summed E-state index contributed by atoms with van der Waals surface area (Å²) in [6, 6.07) is 0. The maximum absolute atomic E-state index is 7.07. The second-order valence-corrected chi connectivity index (χ2v) is 2.57. The van der Waals surface area contributed by atoms with Gasteiger partial charge in [-0.05, 0) is 0 Å². The standard InChI is InChI=1S/C7H11N5/c1-12(2)6-4-10-5(3-11-6)7(8)9/h3-4H,1-2H3,(H3,8,9). The van der Waals surface area contributed by atoms with Gasteiger partial charge in [0.25, 0.3) is 0 Å². The second kappa shape index (κ2) is 3.17.